The molecule has 6 nitrogen and oxygen atoms in total. The van der Waals surface area contributed by atoms with Crippen LogP contribution in [0.5, 0.6) is 5.88 Å². The zero-order chi connectivity index (χ0) is 31.1. The number of rotatable bonds is 6. The number of aryl methyl sites for hydroxylation is 1. The highest BCUT2D eigenvalue weighted by Crippen LogP contribution is 2.49. The van der Waals surface area contributed by atoms with Gasteiger partial charge in [0.25, 0.3) is 0 Å². The van der Waals surface area contributed by atoms with Crippen molar-refractivity contribution < 1.29 is 13.5 Å². The second kappa shape index (κ2) is 10.5. The minimum absolute atomic E-state index is 0.141. The summed E-state index contributed by atoms with van der Waals surface area (Å²) in [5, 5.41) is 16.7. The molecular weight excluding hydrogens is 568 g/mol. The average Bonchev–Trinajstić information content (AvgIpc) is 3.83. The van der Waals surface area contributed by atoms with Crippen LogP contribution in [0.3, 0.4) is 0 Å². The van der Waals surface area contributed by atoms with Crippen molar-refractivity contribution in [2.24, 2.45) is 5.92 Å². The molecule has 6 atom stereocenters. The van der Waals surface area contributed by atoms with E-state index in [1.165, 1.54) is 12.1 Å². The Labute approximate surface area is 261 Å². The second-order valence-corrected chi connectivity index (χ2v) is 13.4. The first-order valence-electron chi connectivity index (χ1n) is 16.1. The van der Waals surface area contributed by atoms with Crippen molar-refractivity contribution >= 4 is 32.6 Å². The highest BCUT2D eigenvalue weighted by molar-refractivity contribution is 6.10. The number of hydrogen-bond acceptors (Lipinski definition) is 5. The predicted molar refractivity (Wildman–Crippen MR) is 174 cm³/mol. The number of halogens is 2. The van der Waals surface area contributed by atoms with Gasteiger partial charge < -0.3 is 14.6 Å². The summed E-state index contributed by atoms with van der Waals surface area (Å²) >= 11 is 0. The molecular formula is C37H37F2N5O. The Hall–Kier alpha value is -4.06. The zero-order valence-corrected chi connectivity index (χ0v) is 26.1. The molecule has 0 radical (unpaired) electrons. The van der Waals surface area contributed by atoms with E-state index in [9.17, 15) is 9.65 Å². The van der Waals surface area contributed by atoms with Gasteiger partial charge in [-0.25, -0.2) is 13.8 Å². The van der Waals surface area contributed by atoms with E-state index in [0.29, 0.717) is 39.7 Å². The van der Waals surface area contributed by atoms with Crippen molar-refractivity contribution in [3.63, 3.8) is 0 Å². The molecule has 2 bridgehead atoms. The molecule has 3 aliphatic heterocycles. The van der Waals surface area contributed by atoms with Gasteiger partial charge in [-0.15, -0.1) is 0 Å². The first-order chi connectivity index (χ1) is 21.7. The summed E-state index contributed by atoms with van der Waals surface area (Å²) in [6.07, 6.45) is 3.15. The molecule has 5 aromatic rings. The van der Waals surface area contributed by atoms with E-state index >= 15 is 4.39 Å². The third-order valence-electron chi connectivity index (χ3n) is 10.8. The summed E-state index contributed by atoms with van der Waals surface area (Å²) in [7, 11) is 2.12. The second-order valence-electron chi connectivity index (χ2n) is 13.4. The van der Waals surface area contributed by atoms with Crippen LogP contribution in [0, 0.1) is 35.8 Å². The van der Waals surface area contributed by atoms with Gasteiger partial charge in [-0.3, -0.25) is 4.90 Å². The SMILES string of the molecule is Cc1cc2c(O[C@@H](C)[C@@H]3CCCN3C)nc3c(F)c(-c4cccc5ccc(F)cc45)c(C(C)C#N)cc3c2n1[C@H]1[C@H]2CN[C@@H]1C2. The van der Waals surface area contributed by atoms with Crippen LogP contribution in [-0.4, -0.2) is 52.8 Å². The standard InChI is InChI=1S/C37H37F2N5O/c1-19(17-40)26-16-28-34(33(39)32(26)25-8-5-7-22-10-11-24(38)15-27(22)25)42-37(45-21(3)31-9-6-12-43(31)4)29-13-20(2)44(36(28)29)35-23-14-30(35)41-18-23/h5,7-8,10-11,13,15-16,19,21,23,30-31,35,41H,6,9,12,14,18H2,1-4H3/t19?,21-,23+,30+,31-,35-/m0/s1. The maximum Gasteiger partial charge on any atom is 0.223 e. The summed E-state index contributed by atoms with van der Waals surface area (Å²) in [5.74, 6) is -0.585. The van der Waals surface area contributed by atoms with Crippen molar-refractivity contribution in [3.8, 4) is 23.1 Å². The molecule has 0 spiro atoms. The van der Waals surface area contributed by atoms with Gasteiger partial charge in [-0.05, 0) is 106 Å². The fraction of sp³-hybridized carbons (Fsp3) is 0.405. The Kier molecular flexibility index (Phi) is 6.63. The zero-order valence-electron chi connectivity index (χ0n) is 26.1. The van der Waals surface area contributed by atoms with Crippen LogP contribution in [0.25, 0.3) is 43.7 Å². The maximum absolute atomic E-state index is 17.4. The number of nitrogens with one attached hydrogen (secondary N) is 1. The Morgan fingerprint density at radius 3 is 2.64 bits per heavy atom. The van der Waals surface area contributed by atoms with E-state index < -0.39 is 17.6 Å². The number of nitriles is 1. The fourth-order valence-electron chi connectivity index (χ4n) is 8.45. The predicted octanol–water partition coefficient (Wildman–Crippen LogP) is 7.62. The minimum atomic E-state index is -0.613. The highest BCUT2D eigenvalue weighted by Gasteiger charge is 2.48. The molecule has 8 heteroatoms. The Balaban J connectivity index is 1.44. The fourth-order valence-corrected chi connectivity index (χ4v) is 8.45. The average molecular weight is 606 g/mol. The van der Waals surface area contributed by atoms with E-state index in [1.807, 2.05) is 18.2 Å². The van der Waals surface area contributed by atoms with Crippen molar-refractivity contribution in [1.29, 1.82) is 5.26 Å². The third-order valence-corrected chi connectivity index (χ3v) is 10.8. The van der Waals surface area contributed by atoms with E-state index in [-0.39, 0.29) is 29.3 Å². The number of likely N-dealkylation sites (N-methyl/N-ethyl adjacent to an activating group) is 1. The molecule has 0 amide bonds. The van der Waals surface area contributed by atoms with Gasteiger partial charge in [0.1, 0.15) is 17.4 Å². The van der Waals surface area contributed by atoms with E-state index in [2.05, 4.69) is 47.8 Å². The lowest BCUT2D eigenvalue weighted by molar-refractivity contribution is 0.119. The molecule has 4 aliphatic rings. The molecule has 230 valence electrons. The molecule has 3 aromatic carbocycles. The number of nitrogens with zero attached hydrogens (tertiary/aromatic N) is 4. The molecule has 45 heavy (non-hydrogen) atoms. The van der Waals surface area contributed by atoms with Crippen LogP contribution in [-0.2, 0) is 0 Å². The molecule has 1 saturated carbocycles. The van der Waals surface area contributed by atoms with Crippen molar-refractivity contribution in [1.82, 2.24) is 19.8 Å². The molecule has 4 fully saturated rings. The summed E-state index contributed by atoms with van der Waals surface area (Å²) in [6.45, 7) is 7.97. The van der Waals surface area contributed by atoms with Gasteiger partial charge in [0.2, 0.25) is 5.88 Å². The van der Waals surface area contributed by atoms with Gasteiger partial charge in [0.15, 0.2) is 5.82 Å². The number of pyridine rings is 1. The van der Waals surface area contributed by atoms with Crippen LogP contribution in [0.15, 0.2) is 48.5 Å². The van der Waals surface area contributed by atoms with Gasteiger partial charge in [0.05, 0.1) is 28.9 Å². The number of likely N-dealkylation sites (tertiary alicyclic amines) is 1. The van der Waals surface area contributed by atoms with Crippen LogP contribution < -0.4 is 10.1 Å². The number of ether oxygens (including phenoxy) is 1. The maximum atomic E-state index is 17.4. The monoisotopic (exact) mass is 605 g/mol. The molecule has 1 aliphatic carbocycles. The van der Waals surface area contributed by atoms with E-state index in [4.69, 9.17) is 9.72 Å². The number of aromatic nitrogens is 2. The molecule has 1 N–H and O–H groups in total. The molecule has 1 unspecified atom stereocenters. The van der Waals surface area contributed by atoms with Gasteiger partial charge in [-0.2, -0.15) is 5.26 Å². The molecule has 2 aromatic heterocycles. The van der Waals surface area contributed by atoms with Gasteiger partial charge in [0, 0.05) is 35.3 Å². The number of fused-ring (bicyclic) bond motifs is 5. The Morgan fingerprint density at radius 1 is 1.09 bits per heavy atom. The van der Waals surface area contributed by atoms with Crippen molar-refractivity contribution in [2.75, 3.05) is 20.1 Å². The van der Waals surface area contributed by atoms with Crippen LogP contribution in [0.4, 0.5) is 8.78 Å². The lowest BCUT2D eigenvalue weighted by Gasteiger charge is -2.37. The minimum Gasteiger partial charge on any atom is -0.472 e. The smallest absolute Gasteiger partial charge is 0.223 e. The van der Waals surface area contributed by atoms with Crippen LogP contribution in [0.2, 0.25) is 0 Å². The molecule has 3 saturated heterocycles. The highest BCUT2D eigenvalue weighted by atomic mass is 19.1. The largest absolute Gasteiger partial charge is 0.472 e. The Bertz CT molecular complexity index is 2030. The van der Waals surface area contributed by atoms with Crippen LogP contribution in [0.1, 0.15) is 56.3 Å². The first kappa shape index (κ1) is 28.4. The summed E-state index contributed by atoms with van der Waals surface area (Å²) < 4.78 is 41.0. The van der Waals surface area contributed by atoms with E-state index in [1.54, 1.807) is 19.1 Å². The first-order valence-corrected chi connectivity index (χ1v) is 16.1. The topological polar surface area (TPSA) is 66.1 Å². The molecule has 5 heterocycles. The van der Waals surface area contributed by atoms with E-state index in [0.717, 1.165) is 54.3 Å². The van der Waals surface area contributed by atoms with Crippen molar-refractivity contribution in [2.45, 2.75) is 70.2 Å². The van der Waals surface area contributed by atoms with Gasteiger partial charge in [-0.1, -0.05) is 24.3 Å². The van der Waals surface area contributed by atoms with Crippen LogP contribution >= 0.6 is 0 Å². The third kappa shape index (κ3) is 4.28. The summed E-state index contributed by atoms with van der Waals surface area (Å²) in [5.41, 5.74) is 3.60. The summed E-state index contributed by atoms with van der Waals surface area (Å²) in [6, 6.07) is 17.4. The quantitative estimate of drug-likeness (QED) is 0.216. The normalized spacial score (nSPS) is 24.3. The number of hydrogen-bond donors (Lipinski definition) is 1. The lowest BCUT2D eigenvalue weighted by Crippen LogP contribution is -2.39. The number of benzene rings is 3. The van der Waals surface area contributed by atoms with Crippen molar-refractivity contribution in [3.05, 3.63) is 71.4 Å². The molecule has 9 rings (SSSR count). The summed E-state index contributed by atoms with van der Waals surface area (Å²) in [4.78, 5) is 7.28. The Morgan fingerprint density at radius 2 is 1.93 bits per heavy atom. The lowest BCUT2D eigenvalue weighted by atomic mass is 9.79. The van der Waals surface area contributed by atoms with Gasteiger partial charge >= 0.3 is 0 Å².